The van der Waals surface area contributed by atoms with Crippen molar-refractivity contribution in [1.29, 1.82) is 0 Å². The van der Waals surface area contributed by atoms with Crippen LogP contribution in [0.4, 0.5) is 0 Å². The Hall–Kier alpha value is -2.21. The predicted molar refractivity (Wildman–Crippen MR) is 158 cm³/mol. The summed E-state index contributed by atoms with van der Waals surface area (Å²) < 4.78 is 1.83. The molecule has 5 atom stereocenters. The first-order valence-electron chi connectivity index (χ1n) is 16.5. The Bertz CT molecular complexity index is 1270. The Morgan fingerprint density at radius 3 is 2.20 bits per heavy atom. The van der Waals surface area contributed by atoms with Crippen molar-refractivity contribution in [1.82, 2.24) is 14.5 Å². The molecule has 6 nitrogen and oxygen atoms in total. The van der Waals surface area contributed by atoms with Crippen molar-refractivity contribution in [2.75, 3.05) is 6.54 Å². The molecule has 5 aliphatic rings. The van der Waals surface area contributed by atoms with E-state index in [1.165, 1.54) is 89.9 Å². The van der Waals surface area contributed by atoms with Crippen molar-refractivity contribution in [2.24, 2.45) is 29.6 Å². The Morgan fingerprint density at radius 2 is 1.45 bits per heavy atom. The molecular weight excluding hydrogens is 498 g/mol. The zero-order valence-corrected chi connectivity index (χ0v) is 24.1. The molecule has 3 heterocycles. The fourth-order valence-corrected chi connectivity index (χ4v) is 10.1. The van der Waals surface area contributed by atoms with Crippen LogP contribution < -0.4 is 5.56 Å². The molecular formula is C34H47N3O3. The lowest BCUT2D eigenvalue weighted by Gasteiger charge is -2.42. The molecule has 2 saturated heterocycles. The molecule has 0 radical (unpaired) electrons. The Morgan fingerprint density at radius 1 is 0.725 bits per heavy atom. The maximum absolute atomic E-state index is 13.6. The van der Waals surface area contributed by atoms with Gasteiger partial charge in [0.2, 0.25) is 5.69 Å². The van der Waals surface area contributed by atoms with Crippen LogP contribution in [0.5, 0.6) is 0 Å². The number of fused-ring (bicyclic) bond motifs is 7. The number of para-hydroxylation sites is 2. The van der Waals surface area contributed by atoms with Crippen molar-refractivity contribution < 1.29 is 9.90 Å². The van der Waals surface area contributed by atoms with Crippen LogP contribution in [0.25, 0.3) is 11.0 Å². The van der Waals surface area contributed by atoms with Gasteiger partial charge in [-0.3, -0.25) is 9.69 Å². The van der Waals surface area contributed by atoms with Crippen molar-refractivity contribution in [3.63, 3.8) is 0 Å². The van der Waals surface area contributed by atoms with Gasteiger partial charge in [0.15, 0.2) is 0 Å². The number of benzene rings is 1. The van der Waals surface area contributed by atoms with Crippen molar-refractivity contribution in [3.05, 3.63) is 40.3 Å². The van der Waals surface area contributed by atoms with E-state index in [0.717, 1.165) is 48.6 Å². The molecule has 1 aromatic heterocycles. The number of rotatable bonds is 4. The van der Waals surface area contributed by atoms with E-state index < -0.39 is 11.5 Å². The lowest BCUT2D eigenvalue weighted by Crippen LogP contribution is -2.45. The van der Waals surface area contributed by atoms with Gasteiger partial charge in [-0.1, -0.05) is 63.5 Å². The number of aromatic nitrogens is 2. The maximum atomic E-state index is 13.6. The number of carboxylic acid groups (broad SMARTS) is 1. The van der Waals surface area contributed by atoms with Crippen LogP contribution in [-0.2, 0) is 0 Å². The summed E-state index contributed by atoms with van der Waals surface area (Å²) >= 11 is 0. The second-order valence-corrected chi connectivity index (χ2v) is 14.3. The van der Waals surface area contributed by atoms with E-state index in [-0.39, 0.29) is 11.7 Å². The summed E-state index contributed by atoms with van der Waals surface area (Å²) in [7, 11) is 0. The summed E-state index contributed by atoms with van der Waals surface area (Å²) in [4.78, 5) is 32.8. The van der Waals surface area contributed by atoms with Gasteiger partial charge in [-0.15, -0.1) is 0 Å². The molecule has 3 aliphatic carbocycles. The first-order chi connectivity index (χ1) is 19.5. The highest BCUT2D eigenvalue weighted by atomic mass is 16.4. The van der Waals surface area contributed by atoms with E-state index >= 15 is 0 Å². The molecule has 5 fully saturated rings. The maximum Gasteiger partial charge on any atom is 0.360 e. The topological polar surface area (TPSA) is 75.4 Å². The number of hydrogen-bond acceptors (Lipinski definition) is 4. The van der Waals surface area contributed by atoms with Gasteiger partial charge >= 0.3 is 5.97 Å². The van der Waals surface area contributed by atoms with Gasteiger partial charge in [-0.25, -0.2) is 9.78 Å². The molecule has 2 aliphatic heterocycles. The van der Waals surface area contributed by atoms with Crippen molar-refractivity contribution >= 4 is 17.0 Å². The SMILES string of the molecule is O=C(O)c1nc2ccccc2n(C2CC3CCCC(C2)N(C2CC4CCC(CC(C5CCCCC5)C4)C2)C3)c1=O. The minimum absolute atomic E-state index is 0.0276. The highest BCUT2D eigenvalue weighted by Crippen LogP contribution is 2.48. The van der Waals surface area contributed by atoms with E-state index in [1.807, 2.05) is 28.8 Å². The summed E-state index contributed by atoms with van der Waals surface area (Å²) in [6, 6.07) is 8.78. The van der Waals surface area contributed by atoms with Gasteiger partial charge in [-0.2, -0.15) is 0 Å². The van der Waals surface area contributed by atoms with E-state index in [9.17, 15) is 14.7 Å². The fraction of sp³-hybridized carbons (Fsp3) is 0.735. The fourth-order valence-electron chi connectivity index (χ4n) is 10.1. The minimum Gasteiger partial charge on any atom is -0.476 e. The van der Waals surface area contributed by atoms with Gasteiger partial charge in [0.05, 0.1) is 11.0 Å². The third-order valence-electron chi connectivity index (χ3n) is 11.9. The van der Waals surface area contributed by atoms with Gasteiger partial charge in [0.25, 0.3) is 5.56 Å². The molecule has 1 N–H and O–H groups in total. The summed E-state index contributed by atoms with van der Waals surface area (Å²) in [5, 5.41) is 9.80. The van der Waals surface area contributed by atoms with Crippen LogP contribution in [0.2, 0.25) is 0 Å². The Kier molecular flexibility index (Phi) is 7.49. The van der Waals surface area contributed by atoms with Gasteiger partial charge in [-0.05, 0) is 93.1 Å². The molecule has 0 amide bonds. The average molecular weight is 546 g/mol. The normalized spacial score (nSPS) is 35.6. The van der Waals surface area contributed by atoms with Crippen LogP contribution in [0, 0.1) is 29.6 Å². The number of hydrogen-bond donors (Lipinski definition) is 1. The molecule has 0 spiro atoms. The van der Waals surface area contributed by atoms with Gasteiger partial charge in [0, 0.05) is 24.7 Å². The zero-order valence-electron chi connectivity index (χ0n) is 24.1. The van der Waals surface area contributed by atoms with Crippen LogP contribution >= 0.6 is 0 Å². The number of carboxylic acids is 1. The summed E-state index contributed by atoms with van der Waals surface area (Å²) in [5.74, 6) is 3.07. The monoisotopic (exact) mass is 545 g/mol. The first kappa shape index (κ1) is 26.7. The largest absolute Gasteiger partial charge is 0.476 e. The van der Waals surface area contributed by atoms with Crippen LogP contribution in [0.1, 0.15) is 119 Å². The molecule has 7 rings (SSSR count). The third-order valence-corrected chi connectivity index (χ3v) is 11.9. The van der Waals surface area contributed by atoms with Crippen LogP contribution in [-0.4, -0.2) is 44.2 Å². The summed E-state index contributed by atoms with van der Waals surface area (Å²) in [5.41, 5.74) is 0.621. The van der Waals surface area contributed by atoms with E-state index in [4.69, 9.17) is 0 Å². The number of aromatic carboxylic acids is 1. The highest BCUT2D eigenvalue weighted by Gasteiger charge is 2.43. The number of nitrogens with zero attached hydrogens (tertiary/aromatic N) is 3. The second-order valence-electron chi connectivity index (χ2n) is 14.3. The average Bonchev–Trinajstić information content (AvgIpc) is 3.42. The molecule has 4 bridgehead atoms. The predicted octanol–water partition coefficient (Wildman–Crippen LogP) is 7.07. The van der Waals surface area contributed by atoms with E-state index in [0.29, 0.717) is 23.5 Å². The molecule has 216 valence electrons. The van der Waals surface area contributed by atoms with Crippen molar-refractivity contribution in [3.8, 4) is 0 Å². The lowest BCUT2D eigenvalue weighted by atomic mass is 9.71. The number of carbonyl (C=O) groups is 1. The zero-order chi connectivity index (χ0) is 27.2. The highest BCUT2D eigenvalue weighted by molar-refractivity contribution is 5.88. The van der Waals surface area contributed by atoms with Crippen LogP contribution in [0.15, 0.2) is 29.1 Å². The molecule has 5 unspecified atom stereocenters. The summed E-state index contributed by atoms with van der Waals surface area (Å²) in [6.07, 6.45) is 21.5. The Labute approximate surface area is 238 Å². The molecule has 2 aromatic rings. The molecule has 1 aromatic carbocycles. The first-order valence-corrected chi connectivity index (χ1v) is 16.5. The molecule has 3 saturated carbocycles. The second kappa shape index (κ2) is 11.2. The van der Waals surface area contributed by atoms with E-state index in [1.54, 1.807) is 0 Å². The lowest BCUT2D eigenvalue weighted by molar-refractivity contribution is 0.0687. The van der Waals surface area contributed by atoms with Gasteiger partial charge < -0.3 is 9.67 Å². The molecule has 6 heteroatoms. The van der Waals surface area contributed by atoms with Crippen LogP contribution in [0.3, 0.4) is 0 Å². The minimum atomic E-state index is -1.23. The quantitative estimate of drug-likeness (QED) is 0.445. The standard InChI is InChI=1S/C34H47N3O3/c38-33-32(34(39)40)35-30-11-4-5-12-31(30)37(33)29-19-24-7-6-10-27(20-29)36(21-24)28-17-22-13-14-23(18-28)16-26(15-22)25-8-2-1-3-9-25/h4-5,11-12,22-29H,1-3,6-10,13-21H2,(H,39,40). The van der Waals surface area contributed by atoms with E-state index in [2.05, 4.69) is 9.88 Å². The van der Waals surface area contributed by atoms with Crippen molar-refractivity contribution in [2.45, 2.75) is 121 Å². The molecule has 40 heavy (non-hydrogen) atoms. The third kappa shape index (κ3) is 5.14. The smallest absolute Gasteiger partial charge is 0.360 e. The Balaban J connectivity index is 1.16. The summed E-state index contributed by atoms with van der Waals surface area (Å²) in [6.45, 7) is 1.15. The van der Waals surface area contributed by atoms with Gasteiger partial charge in [0.1, 0.15) is 0 Å².